The van der Waals surface area contributed by atoms with Crippen LogP contribution in [0, 0.1) is 5.82 Å². The molecule has 5 heteroatoms. The minimum atomic E-state index is -0.531. The number of thioether (sulfide) groups is 1. The first kappa shape index (κ1) is 15.0. The smallest absolute Gasteiger partial charge is 0.172 e. The summed E-state index contributed by atoms with van der Waals surface area (Å²) in [5.41, 5.74) is 0.344. The number of Topliss-reactive ketones (excluding diaryl/α,β-unsaturated/α-hetero) is 1. The van der Waals surface area contributed by atoms with Gasteiger partial charge in [0.15, 0.2) is 17.3 Å². The lowest BCUT2D eigenvalue weighted by Gasteiger charge is -2.09. The van der Waals surface area contributed by atoms with Gasteiger partial charge in [0.25, 0.3) is 0 Å². The standard InChI is InChI=1S/C13H17FO3S/c1-9(5-6-15)18-8-12(16)10-3-4-13(17-2)11(14)7-10/h3-4,7,9,15H,5-6,8H2,1-2H3. The average molecular weight is 272 g/mol. The van der Waals surface area contributed by atoms with Crippen molar-refractivity contribution >= 4 is 17.5 Å². The molecule has 1 unspecified atom stereocenters. The molecule has 0 saturated heterocycles. The van der Waals surface area contributed by atoms with Gasteiger partial charge in [-0.05, 0) is 24.6 Å². The second-order valence-corrected chi connectivity index (χ2v) is 5.33. The van der Waals surface area contributed by atoms with E-state index in [0.717, 1.165) is 0 Å². The number of carbonyl (C=O) groups excluding carboxylic acids is 1. The predicted molar refractivity (Wildman–Crippen MR) is 70.9 cm³/mol. The molecule has 0 heterocycles. The first-order valence-corrected chi connectivity index (χ1v) is 6.72. The number of rotatable bonds is 7. The van der Waals surface area contributed by atoms with Crippen LogP contribution in [0.15, 0.2) is 18.2 Å². The summed E-state index contributed by atoms with van der Waals surface area (Å²) in [6.45, 7) is 2.06. The Bertz CT molecular complexity index is 409. The lowest BCUT2D eigenvalue weighted by molar-refractivity contribution is 0.102. The molecule has 0 bridgehead atoms. The highest BCUT2D eigenvalue weighted by molar-refractivity contribution is 8.00. The van der Waals surface area contributed by atoms with E-state index in [9.17, 15) is 9.18 Å². The van der Waals surface area contributed by atoms with Gasteiger partial charge in [-0.2, -0.15) is 11.8 Å². The molecule has 0 amide bonds. The Balaban J connectivity index is 2.59. The second kappa shape index (κ2) is 7.38. The molecule has 0 aliphatic carbocycles. The number of methoxy groups -OCH3 is 1. The Morgan fingerprint density at radius 3 is 2.83 bits per heavy atom. The van der Waals surface area contributed by atoms with E-state index in [1.807, 2.05) is 6.92 Å². The van der Waals surface area contributed by atoms with Crippen molar-refractivity contribution in [2.75, 3.05) is 19.5 Å². The van der Waals surface area contributed by atoms with Crippen LogP contribution in [-0.4, -0.2) is 35.6 Å². The number of hydrogen-bond acceptors (Lipinski definition) is 4. The summed E-state index contributed by atoms with van der Waals surface area (Å²) in [5.74, 6) is -0.233. The monoisotopic (exact) mass is 272 g/mol. The van der Waals surface area contributed by atoms with E-state index in [0.29, 0.717) is 12.0 Å². The zero-order valence-electron chi connectivity index (χ0n) is 10.5. The normalized spacial score (nSPS) is 12.2. The van der Waals surface area contributed by atoms with Crippen LogP contribution >= 0.6 is 11.8 Å². The highest BCUT2D eigenvalue weighted by Crippen LogP contribution is 2.20. The van der Waals surface area contributed by atoms with E-state index in [2.05, 4.69) is 0 Å². The highest BCUT2D eigenvalue weighted by Gasteiger charge is 2.12. The molecule has 3 nitrogen and oxygen atoms in total. The maximum atomic E-state index is 13.4. The molecule has 0 aromatic heterocycles. The molecular formula is C13H17FO3S. The van der Waals surface area contributed by atoms with Crippen LogP contribution in [0.4, 0.5) is 4.39 Å². The van der Waals surface area contributed by atoms with E-state index < -0.39 is 5.82 Å². The van der Waals surface area contributed by atoms with Crippen LogP contribution in [0.2, 0.25) is 0 Å². The van der Waals surface area contributed by atoms with Crippen molar-refractivity contribution < 1.29 is 19.0 Å². The molecule has 1 aromatic rings. The first-order chi connectivity index (χ1) is 8.58. The number of aliphatic hydroxyl groups excluding tert-OH is 1. The number of aliphatic hydroxyl groups is 1. The topological polar surface area (TPSA) is 46.5 Å². The van der Waals surface area contributed by atoms with Gasteiger partial charge in [0.05, 0.1) is 12.9 Å². The molecule has 1 N–H and O–H groups in total. The van der Waals surface area contributed by atoms with Crippen molar-refractivity contribution in [3.63, 3.8) is 0 Å². The second-order valence-electron chi connectivity index (χ2n) is 3.91. The fourth-order valence-electron chi connectivity index (χ4n) is 1.41. The van der Waals surface area contributed by atoms with Crippen LogP contribution in [0.5, 0.6) is 5.75 Å². The molecule has 0 fully saturated rings. The average Bonchev–Trinajstić information content (AvgIpc) is 2.36. The summed E-state index contributed by atoms with van der Waals surface area (Å²) >= 11 is 1.46. The summed E-state index contributed by atoms with van der Waals surface area (Å²) in [4.78, 5) is 11.8. The fourth-order valence-corrected chi connectivity index (χ4v) is 2.28. The zero-order chi connectivity index (χ0) is 13.5. The zero-order valence-corrected chi connectivity index (χ0v) is 11.3. The quantitative estimate of drug-likeness (QED) is 0.775. The van der Waals surface area contributed by atoms with Crippen molar-refractivity contribution in [3.05, 3.63) is 29.6 Å². The number of ether oxygens (including phenoxy) is 1. The Morgan fingerprint density at radius 2 is 2.28 bits per heavy atom. The van der Waals surface area contributed by atoms with Crippen LogP contribution in [-0.2, 0) is 0 Å². The predicted octanol–water partition coefficient (Wildman–Crippen LogP) is 2.52. The van der Waals surface area contributed by atoms with E-state index in [-0.39, 0.29) is 29.1 Å². The minimum absolute atomic E-state index is 0.111. The van der Waals surface area contributed by atoms with Gasteiger partial charge in [0.2, 0.25) is 0 Å². The van der Waals surface area contributed by atoms with Crippen LogP contribution in [0.3, 0.4) is 0 Å². The third-order valence-corrected chi connectivity index (χ3v) is 3.74. The third-order valence-electron chi connectivity index (χ3n) is 2.51. The summed E-state index contributed by atoms with van der Waals surface area (Å²) < 4.78 is 18.2. The minimum Gasteiger partial charge on any atom is -0.494 e. The third kappa shape index (κ3) is 4.31. The summed E-state index contributed by atoms with van der Waals surface area (Å²) in [6.07, 6.45) is 0.648. The van der Waals surface area contributed by atoms with Crippen molar-refractivity contribution in [1.82, 2.24) is 0 Å². The molecule has 0 saturated carbocycles. The molecule has 1 rings (SSSR count). The molecule has 18 heavy (non-hydrogen) atoms. The van der Waals surface area contributed by atoms with Gasteiger partial charge in [-0.25, -0.2) is 4.39 Å². The molecule has 1 atom stereocenters. The summed E-state index contributed by atoms with van der Waals surface area (Å²) in [7, 11) is 1.38. The number of hydrogen-bond donors (Lipinski definition) is 1. The molecule has 0 radical (unpaired) electrons. The van der Waals surface area contributed by atoms with Gasteiger partial charge in [0.1, 0.15) is 0 Å². The van der Waals surface area contributed by atoms with Crippen molar-refractivity contribution in [3.8, 4) is 5.75 Å². The maximum absolute atomic E-state index is 13.4. The molecule has 100 valence electrons. The Hall–Kier alpha value is -1.07. The lowest BCUT2D eigenvalue weighted by Crippen LogP contribution is -2.08. The fraction of sp³-hybridized carbons (Fsp3) is 0.462. The van der Waals surface area contributed by atoms with Crippen molar-refractivity contribution in [2.45, 2.75) is 18.6 Å². The van der Waals surface area contributed by atoms with Gasteiger partial charge in [-0.1, -0.05) is 6.92 Å². The number of ketones is 1. The Kier molecular flexibility index (Phi) is 6.15. The van der Waals surface area contributed by atoms with Gasteiger partial charge < -0.3 is 9.84 Å². The molecular weight excluding hydrogens is 255 g/mol. The van der Waals surface area contributed by atoms with Gasteiger partial charge >= 0.3 is 0 Å². The SMILES string of the molecule is COc1ccc(C(=O)CSC(C)CCO)cc1F. The maximum Gasteiger partial charge on any atom is 0.172 e. The van der Waals surface area contributed by atoms with Crippen molar-refractivity contribution in [2.24, 2.45) is 0 Å². The molecule has 0 spiro atoms. The molecule has 1 aromatic carbocycles. The highest BCUT2D eigenvalue weighted by atomic mass is 32.2. The van der Waals surface area contributed by atoms with Gasteiger partial charge in [-0.15, -0.1) is 0 Å². The van der Waals surface area contributed by atoms with E-state index in [1.54, 1.807) is 6.07 Å². The van der Waals surface area contributed by atoms with Crippen molar-refractivity contribution in [1.29, 1.82) is 0 Å². The first-order valence-electron chi connectivity index (χ1n) is 5.67. The lowest BCUT2D eigenvalue weighted by atomic mass is 10.1. The van der Waals surface area contributed by atoms with E-state index >= 15 is 0 Å². The largest absolute Gasteiger partial charge is 0.494 e. The summed E-state index contributed by atoms with van der Waals surface area (Å²) in [5, 5.41) is 8.96. The van der Waals surface area contributed by atoms with Crippen LogP contribution < -0.4 is 4.74 Å². The summed E-state index contributed by atoms with van der Waals surface area (Å²) in [6, 6.07) is 4.20. The molecule has 0 aliphatic rings. The van der Waals surface area contributed by atoms with Crippen LogP contribution in [0.25, 0.3) is 0 Å². The Morgan fingerprint density at radius 1 is 1.56 bits per heavy atom. The van der Waals surface area contributed by atoms with E-state index in [1.165, 1.54) is 31.0 Å². The number of benzene rings is 1. The van der Waals surface area contributed by atoms with Gasteiger partial charge in [-0.3, -0.25) is 4.79 Å². The van der Waals surface area contributed by atoms with Gasteiger partial charge in [0, 0.05) is 17.4 Å². The molecule has 0 aliphatic heterocycles. The number of halogens is 1. The van der Waals surface area contributed by atoms with Crippen LogP contribution in [0.1, 0.15) is 23.7 Å². The van der Waals surface area contributed by atoms with E-state index in [4.69, 9.17) is 9.84 Å². The Labute approximate surface area is 110 Å². The number of carbonyl (C=O) groups is 1.